The van der Waals surface area contributed by atoms with E-state index in [1.165, 1.54) is 12.1 Å². The molecular weight excluding hydrogens is 305 g/mol. The number of aryl methyl sites for hydroxylation is 1. The molecular formula is C19H18FN3O. The van der Waals surface area contributed by atoms with Gasteiger partial charge in [0.1, 0.15) is 11.5 Å². The monoisotopic (exact) mass is 323 g/mol. The fourth-order valence-corrected chi connectivity index (χ4v) is 2.55. The van der Waals surface area contributed by atoms with Gasteiger partial charge in [0.2, 0.25) is 5.91 Å². The van der Waals surface area contributed by atoms with E-state index >= 15 is 0 Å². The van der Waals surface area contributed by atoms with Crippen LogP contribution >= 0.6 is 0 Å². The molecule has 3 rings (SSSR count). The van der Waals surface area contributed by atoms with Crippen LogP contribution in [0.3, 0.4) is 0 Å². The van der Waals surface area contributed by atoms with E-state index in [0.29, 0.717) is 17.8 Å². The van der Waals surface area contributed by atoms with Crippen molar-refractivity contribution in [3.05, 3.63) is 71.7 Å². The first-order valence-corrected chi connectivity index (χ1v) is 7.84. The number of halogens is 1. The fraction of sp³-hybridized carbons (Fsp3) is 0.158. The third kappa shape index (κ3) is 3.51. The van der Waals surface area contributed by atoms with E-state index in [-0.39, 0.29) is 18.1 Å². The Hall–Kier alpha value is -2.95. The number of hydrogen-bond acceptors (Lipinski definition) is 2. The van der Waals surface area contributed by atoms with E-state index in [1.54, 1.807) is 12.1 Å². The minimum absolute atomic E-state index is 0.110. The molecule has 2 aromatic carbocycles. The molecule has 122 valence electrons. The number of amides is 1. The lowest BCUT2D eigenvalue weighted by Crippen LogP contribution is -2.15. The van der Waals surface area contributed by atoms with Crippen LogP contribution in [0.4, 0.5) is 10.1 Å². The number of carbonyl (C=O) groups is 1. The highest BCUT2D eigenvalue weighted by molar-refractivity contribution is 5.96. The van der Waals surface area contributed by atoms with Crippen molar-refractivity contribution < 1.29 is 9.18 Å². The van der Waals surface area contributed by atoms with Gasteiger partial charge in [-0.1, -0.05) is 37.3 Å². The van der Waals surface area contributed by atoms with Crippen molar-refractivity contribution in [1.82, 2.24) is 10.2 Å². The Labute approximate surface area is 139 Å². The number of nitrogens with zero attached hydrogens (tertiary/aromatic N) is 1. The largest absolute Gasteiger partial charge is 0.322 e. The second kappa shape index (κ2) is 7.08. The predicted molar refractivity (Wildman–Crippen MR) is 92.1 cm³/mol. The maximum absolute atomic E-state index is 13.1. The lowest BCUT2D eigenvalue weighted by molar-refractivity contribution is -0.115. The van der Waals surface area contributed by atoms with Crippen LogP contribution in [-0.2, 0) is 17.6 Å². The predicted octanol–water partition coefficient (Wildman–Crippen LogP) is 3.96. The molecule has 1 heterocycles. The van der Waals surface area contributed by atoms with Gasteiger partial charge in [-0.05, 0) is 36.2 Å². The molecule has 0 aliphatic carbocycles. The van der Waals surface area contributed by atoms with Crippen molar-refractivity contribution in [2.45, 2.75) is 19.8 Å². The third-order valence-electron chi connectivity index (χ3n) is 3.78. The summed E-state index contributed by atoms with van der Waals surface area (Å²) in [5.41, 5.74) is 3.82. The van der Waals surface area contributed by atoms with Gasteiger partial charge in [0.05, 0.1) is 17.8 Å². The van der Waals surface area contributed by atoms with Gasteiger partial charge in [0, 0.05) is 5.56 Å². The molecule has 1 aromatic heterocycles. The lowest BCUT2D eigenvalue weighted by atomic mass is 10.1. The highest BCUT2D eigenvalue weighted by atomic mass is 19.1. The molecule has 0 saturated heterocycles. The van der Waals surface area contributed by atoms with E-state index < -0.39 is 0 Å². The van der Waals surface area contributed by atoms with E-state index in [4.69, 9.17) is 0 Å². The Bertz CT molecular complexity index is 826. The van der Waals surface area contributed by atoms with Crippen LogP contribution in [0.5, 0.6) is 0 Å². The van der Waals surface area contributed by atoms with Crippen molar-refractivity contribution in [3.63, 3.8) is 0 Å². The van der Waals surface area contributed by atoms with Crippen molar-refractivity contribution in [3.8, 4) is 11.3 Å². The topological polar surface area (TPSA) is 57.8 Å². The van der Waals surface area contributed by atoms with Crippen LogP contribution in [0.2, 0.25) is 0 Å². The van der Waals surface area contributed by atoms with Crippen LogP contribution in [0.15, 0.2) is 54.6 Å². The third-order valence-corrected chi connectivity index (χ3v) is 3.78. The summed E-state index contributed by atoms with van der Waals surface area (Å²) in [6, 6.07) is 15.6. The molecule has 0 spiro atoms. The zero-order chi connectivity index (χ0) is 16.9. The van der Waals surface area contributed by atoms with Crippen molar-refractivity contribution in [1.29, 1.82) is 0 Å². The summed E-state index contributed by atoms with van der Waals surface area (Å²) in [6.07, 6.45) is 0.993. The Morgan fingerprint density at radius 1 is 1.12 bits per heavy atom. The van der Waals surface area contributed by atoms with Gasteiger partial charge in [-0.15, -0.1) is 0 Å². The van der Waals surface area contributed by atoms with Crippen LogP contribution in [0.25, 0.3) is 11.3 Å². The van der Waals surface area contributed by atoms with E-state index in [2.05, 4.69) is 15.5 Å². The van der Waals surface area contributed by atoms with Crippen LogP contribution in [0, 0.1) is 5.82 Å². The second-order valence-electron chi connectivity index (χ2n) is 5.50. The van der Waals surface area contributed by atoms with Gasteiger partial charge >= 0.3 is 0 Å². The van der Waals surface area contributed by atoms with Gasteiger partial charge in [-0.25, -0.2) is 4.39 Å². The summed E-state index contributed by atoms with van der Waals surface area (Å²) in [7, 11) is 0. The molecule has 4 nitrogen and oxygen atoms in total. The first kappa shape index (κ1) is 15.9. The average molecular weight is 323 g/mol. The molecule has 0 unspecified atom stereocenters. The highest BCUT2D eigenvalue weighted by Crippen LogP contribution is 2.29. The molecule has 0 fully saturated rings. The number of aromatic nitrogens is 2. The summed E-state index contributed by atoms with van der Waals surface area (Å²) in [6.45, 7) is 1.98. The number of aromatic amines is 1. The van der Waals surface area contributed by atoms with Gasteiger partial charge in [0.25, 0.3) is 0 Å². The lowest BCUT2D eigenvalue weighted by Gasteiger charge is -2.08. The Balaban J connectivity index is 1.85. The molecule has 0 radical (unpaired) electrons. The summed E-state index contributed by atoms with van der Waals surface area (Å²) in [4.78, 5) is 12.4. The van der Waals surface area contributed by atoms with E-state index in [0.717, 1.165) is 16.8 Å². The highest BCUT2D eigenvalue weighted by Gasteiger charge is 2.16. The summed E-state index contributed by atoms with van der Waals surface area (Å²) in [5.74, 6) is -0.416. The zero-order valence-corrected chi connectivity index (χ0v) is 13.3. The normalized spacial score (nSPS) is 10.6. The second-order valence-corrected chi connectivity index (χ2v) is 5.50. The van der Waals surface area contributed by atoms with Gasteiger partial charge in [-0.3, -0.25) is 9.89 Å². The maximum Gasteiger partial charge on any atom is 0.228 e. The number of hydrogen-bond donors (Lipinski definition) is 2. The van der Waals surface area contributed by atoms with Gasteiger partial charge < -0.3 is 5.32 Å². The van der Waals surface area contributed by atoms with Crippen LogP contribution < -0.4 is 5.32 Å². The Morgan fingerprint density at radius 3 is 2.50 bits per heavy atom. The Kier molecular flexibility index (Phi) is 4.70. The van der Waals surface area contributed by atoms with Crippen molar-refractivity contribution in [2.75, 3.05) is 5.32 Å². The molecule has 0 atom stereocenters. The van der Waals surface area contributed by atoms with Gasteiger partial charge in [-0.2, -0.15) is 5.10 Å². The maximum atomic E-state index is 13.1. The number of carbonyl (C=O) groups excluding carboxylic acids is 1. The van der Waals surface area contributed by atoms with E-state index in [1.807, 2.05) is 37.3 Å². The number of rotatable bonds is 5. The van der Waals surface area contributed by atoms with Crippen molar-refractivity contribution >= 4 is 11.6 Å². The molecule has 5 heteroatoms. The molecule has 3 aromatic rings. The van der Waals surface area contributed by atoms with Crippen LogP contribution in [-0.4, -0.2) is 16.1 Å². The zero-order valence-electron chi connectivity index (χ0n) is 13.3. The van der Waals surface area contributed by atoms with Crippen LogP contribution in [0.1, 0.15) is 18.2 Å². The number of benzene rings is 2. The Morgan fingerprint density at radius 2 is 1.83 bits per heavy atom. The minimum Gasteiger partial charge on any atom is -0.322 e. The molecule has 0 saturated carbocycles. The quantitative estimate of drug-likeness (QED) is 0.746. The smallest absolute Gasteiger partial charge is 0.228 e. The van der Waals surface area contributed by atoms with Crippen molar-refractivity contribution in [2.24, 2.45) is 0 Å². The fourth-order valence-electron chi connectivity index (χ4n) is 2.55. The molecule has 0 aliphatic heterocycles. The number of nitrogens with one attached hydrogen (secondary N) is 2. The molecule has 0 aliphatic rings. The number of H-pyrrole nitrogens is 1. The average Bonchev–Trinajstić information content (AvgIpc) is 2.99. The van der Waals surface area contributed by atoms with E-state index in [9.17, 15) is 9.18 Å². The summed E-state index contributed by atoms with van der Waals surface area (Å²) < 4.78 is 13.1. The molecule has 0 bridgehead atoms. The summed E-state index contributed by atoms with van der Waals surface area (Å²) >= 11 is 0. The first-order chi connectivity index (χ1) is 11.7. The van der Waals surface area contributed by atoms with Gasteiger partial charge in [0.15, 0.2) is 0 Å². The molecule has 1 amide bonds. The SMILES string of the molecule is CCc1[nH]nc(-c2ccc(F)cc2)c1NC(=O)Cc1ccccc1. The molecule has 24 heavy (non-hydrogen) atoms. The standard InChI is InChI=1S/C19H18FN3O/c1-2-16-19(21-17(24)12-13-6-4-3-5-7-13)18(23-22-16)14-8-10-15(20)11-9-14/h3-11H,2,12H2,1H3,(H,21,24)(H,22,23). The first-order valence-electron chi connectivity index (χ1n) is 7.84. The summed E-state index contributed by atoms with van der Waals surface area (Å²) in [5, 5.41) is 10.2. The number of anilines is 1. The molecule has 2 N–H and O–H groups in total. The minimum atomic E-state index is -0.306.